The summed E-state index contributed by atoms with van der Waals surface area (Å²) in [7, 11) is 0. The maximum absolute atomic E-state index is 13.2. The third-order valence-electron chi connectivity index (χ3n) is 6.44. The molecule has 0 radical (unpaired) electrons. The highest BCUT2D eigenvalue weighted by atomic mass is 16.3. The molecule has 10 heteroatoms. The monoisotopic (exact) mass is 503 g/mol. The van der Waals surface area contributed by atoms with Gasteiger partial charge in [0, 0.05) is 24.3 Å². The van der Waals surface area contributed by atoms with Crippen LogP contribution in [-0.2, 0) is 4.79 Å². The van der Waals surface area contributed by atoms with Gasteiger partial charge >= 0.3 is 0 Å². The van der Waals surface area contributed by atoms with Crippen molar-refractivity contribution in [2.24, 2.45) is 0 Å². The van der Waals surface area contributed by atoms with Crippen LogP contribution in [-0.4, -0.2) is 55.2 Å². The van der Waals surface area contributed by atoms with Crippen molar-refractivity contribution in [2.45, 2.75) is 77.1 Å². The number of nitrogens with zero attached hydrogens (tertiary/aromatic N) is 4. The summed E-state index contributed by atoms with van der Waals surface area (Å²) >= 11 is 0. The van der Waals surface area contributed by atoms with E-state index in [1.807, 2.05) is 32.0 Å². The predicted molar refractivity (Wildman–Crippen MR) is 140 cm³/mol. The summed E-state index contributed by atoms with van der Waals surface area (Å²) in [6.07, 6.45) is 6.00. The molecule has 194 valence electrons. The molecule has 2 amide bonds. The van der Waals surface area contributed by atoms with Gasteiger partial charge in [-0.3, -0.25) is 14.6 Å². The predicted octanol–water partition coefficient (Wildman–Crippen LogP) is 3.02. The molecular weight excluding hydrogens is 470 g/mol. The number of aliphatic hydroxyl groups is 1. The Morgan fingerprint density at radius 3 is 2.41 bits per heavy atom. The number of carbonyl (C=O) groups is 2. The third kappa shape index (κ3) is 6.06. The molecule has 1 aliphatic carbocycles. The Hall–Kier alpha value is -3.97. The number of rotatable bonds is 7. The van der Waals surface area contributed by atoms with Gasteiger partial charge in [0.05, 0.1) is 39.9 Å². The summed E-state index contributed by atoms with van der Waals surface area (Å²) in [5.74, 6) is -0.588. The number of hydrogen-bond acceptors (Lipinski definition) is 7. The van der Waals surface area contributed by atoms with Crippen LogP contribution < -0.4 is 16.0 Å². The van der Waals surface area contributed by atoms with Gasteiger partial charge in [0.2, 0.25) is 0 Å². The van der Waals surface area contributed by atoms with Crippen LogP contribution in [0.5, 0.6) is 0 Å². The minimum absolute atomic E-state index is 0.0116. The van der Waals surface area contributed by atoms with E-state index in [-0.39, 0.29) is 29.9 Å². The van der Waals surface area contributed by atoms with Crippen molar-refractivity contribution in [1.82, 2.24) is 25.2 Å². The molecule has 1 fully saturated rings. The van der Waals surface area contributed by atoms with E-state index in [9.17, 15) is 14.7 Å². The molecule has 0 atom stereocenters. The van der Waals surface area contributed by atoms with Crippen LogP contribution in [0.2, 0.25) is 0 Å². The van der Waals surface area contributed by atoms with Gasteiger partial charge in [-0.15, -0.1) is 0 Å². The van der Waals surface area contributed by atoms with Gasteiger partial charge in [0.1, 0.15) is 11.7 Å². The highest BCUT2D eigenvalue weighted by Gasteiger charge is 2.29. The van der Waals surface area contributed by atoms with Gasteiger partial charge in [-0.1, -0.05) is 0 Å². The lowest BCUT2D eigenvalue weighted by atomic mass is 9.90. The molecule has 3 aromatic heterocycles. The number of nitrogens with one attached hydrogen (secondary N) is 3. The summed E-state index contributed by atoms with van der Waals surface area (Å²) in [5, 5.41) is 32.7. The second-order valence-corrected chi connectivity index (χ2v) is 10.4. The molecule has 1 saturated carbocycles. The van der Waals surface area contributed by atoms with Crippen LogP contribution in [0.4, 0.5) is 5.69 Å². The Labute approximate surface area is 216 Å². The molecule has 0 saturated heterocycles. The van der Waals surface area contributed by atoms with Gasteiger partial charge in [-0.05, 0) is 77.6 Å². The van der Waals surface area contributed by atoms with Gasteiger partial charge in [0.15, 0.2) is 0 Å². The molecule has 10 nitrogen and oxygen atoms in total. The zero-order chi connectivity index (χ0) is 26.7. The lowest BCUT2D eigenvalue weighted by Gasteiger charge is -2.31. The van der Waals surface area contributed by atoms with Crippen molar-refractivity contribution in [1.29, 1.82) is 5.26 Å². The molecule has 3 aromatic rings. The second kappa shape index (κ2) is 10.6. The van der Waals surface area contributed by atoms with Crippen LogP contribution >= 0.6 is 0 Å². The topological polar surface area (TPSA) is 144 Å². The van der Waals surface area contributed by atoms with Crippen molar-refractivity contribution >= 4 is 23.0 Å². The second-order valence-electron chi connectivity index (χ2n) is 10.4. The molecule has 0 unspecified atom stereocenters. The minimum Gasteiger partial charge on any atom is -0.382 e. The number of nitriles is 1. The first-order valence-electron chi connectivity index (χ1n) is 12.5. The fourth-order valence-corrected chi connectivity index (χ4v) is 4.47. The molecule has 37 heavy (non-hydrogen) atoms. The SMILES string of the molecule is CC(C)Nc1cc(-c2ccc3cc(C#N)cnn23)ncc1C(=O)NC1CCC(NC(=O)C(C)(C)O)CC1. The smallest absolute Gasteiger partial charge is 0.255 e. The number of pyridine rings is 1. The Morgan fingerprint density at radius 2 is 1.78 bits per heavy atom. The normalized spacial score (nSPS) is 17.9. The molecule has 1 aliphatic rings. The summed E-state index contributed by atoms with van der Waals surface area (Å²) in [6, 6.07) is 9.54. The van der Waals surface area contributed by atoms with Gasteiger partial charge in [0.25, 0.3) is 11.8 Å². The van der Waals surface area contributed by atoms with E-state index in [0.717, 1.165) is 36.9 Å². The molecule has 0 aromatic carbocycles. The molecule has 4 rings (SSSR count). The molecule has 0 aliphatic heterocycles. The highest BCUT2D eigenvalue weighted by Crippen LogP contribution is 2.27. The van der Waals surface area contributed by atoms with Crippen molar-refractivity contribution in [3.05, 3.63) is 47.8 Å². The van der Waals surface area contributed by atoms with E-state index in [1.165, 1.54) is 20.0 Å². The third-order valence-corrected chi connectivity index (χ3v) is 6.44. The molecule has 4 N–H and O–H groups in total. The average molecular weight is 504 g/mol. The standard InChI is InChI=1S/C27H33N7O3/c1-16(2)31-22-12-23(24-10-9-20-11-17(13-28)14-30-34(20)24)29-15-21(22)25(35)32-18-5-7-19(8-6-18)33-26(36)27(3,4)37/h9-12,14-16,18-19,37H,5-8H2,1-4H3,(H,29,31)(H,32,35)(H,33,36). The number of hydrogen-bond donors (Lipinski definition) is 4. The van der Waals surface area contributed by atoms with E-state index in [0.29, 0.717) is 22.5 Å². The first-order chi connectivity index (χ1) is 17.5. The zero-order valence-corrected chi connectivity index (χ0v) is 21.6. The summed E-state index contributed by atoms with van der Waals surface area (Å²) in [4.78, 5) is 29.9. The summed E-state index contributed by atoms with van der Waals surface area (Å²) in [5.41, 5.74) is 2.39. The first kappa shape index (κ1) is 26.1. The van der Waals surface area contributed by atoms with E-state index in [1.54, 1.807) is 16.8 Å². The van der Waals surface area contributed by atoms with Gasteiger partial charge in [-0.25, -0.2) is 4.52 Å². The fourth-order valence-electron chi connectivity index (χ4n) is 4.47. The van der Waals surface area contributed by atoms with Crippen molar-refractivity contribution in [3.8, 4) is 17.5 Å². The Morgan fingerprint density at radius 1 is 1.11 bits per heavy atom. The van der Waals surface area contributed by atoms with Crippen LogP contribution in [0.15, 0.2) is 36.7 Å². The summed E-state index contributed by atoms with van der Waals surface area (Å²) in [6.45, 7) is 6.94. The first-order valence-corrected chi connectivity index (χ1v) is 12.5. The van der Waals surface area contributed by atoms with Crippen molar-refractivity contribution in [2.75, 3.05) is 5.32 Å². The van der Waals surface area contributed by atoms with Crippen molar-refractivity contribution in [3.63, 3.8) is 0 Å². The van der Waals surface area contributed by atoms with E-state index >= 15 is 0 Å². The van der Waals surface area contributed by atoms with Gasteiger partial charge < -0.3 is 21.1 Å². The van der Waals surface area contributed by atoms with Crippen molar-refractivity contribution < 1.29 is 14.7 Å². The quantitative estimate of drug-likeness (QED) is 0.388. The maximum atomic E-state index is 13.2. The van der Waals surface area contributed by atoms with Crippen LogP contribution in [0, 0.1) is 11.3 Å². The molecule has 3 heterocycles. The molecular formula is C27H33N7O3. The van der Waals surface area contributed by atoms with E-state index in [4.69, 9.17) is 5.26 Å². The summed E-state index contributed by atoms with van der Waals surface area (Å²) < 4.78 is 1.72. The Kier molecular flexibility index (Phi) is 7.45. The van der Waals surface area contributed by atoms with E-state index < -0.39 is 5.60 Å². The number of carbonyl (C=O) groups excluding carboxylic acids is 2. The average Bonchev–Trinajstić information content (AvgIpc) is 3.27. The number of fused-ring (bicyclic) bond motifs is 1. The molecule has 0 bridgehead atoms. The largest absolute Gasteiger partial charge is 0.382 e. The number of aromatic nitrogens is 3. The zero-order valence-electron chi connectivity index (χ0n) is 21.6. The van der Waals surface area contributed by atoms with E-state index in [2.05, 4.69) is 32.1 Å². The highest BCUT2D eigenvalue weighted by molar-refractivity contribution is 6.00. The molecule has 0 spiro atoms. The maximum Gasteiger partial charge on any atom is 0.255 e. The van der Waals surface area contributed by atoms with Crippen LogP contribution in [0.1, 0.15) is 69.3 Å². The minimum atomic E-state index is -1.41. The van der Waals surface area contributed by atoms with Crippen LogP contribution in [0.3, 0.4) is 0 Å². The fraction of sp³-hybridized carbons (Fsp3) is 0.444. The Bertz CT molecular complexity index is 1340. The Balaban J connectivity index is 1.48. The number of amides is 2. The van der Waals surface area contributed by atoms with Gasteiger partial charge in [-0.2, -0.15) is 10.4 Å². The lowest BCUT2D eigenvalue weighted by molar-refractivity contribution is -0.137. The lowest BCUT2D eigenvalue weighted by Crippen LogP contribution is -2.49. The van der Waals surface area contributed by atoms with Crippen LogP contribution in [0.25, 0.3) is 16.9 Å². The number of anilines is 1.